The monoisotopic (exact) mass is 303 g/mol. The lowest BCUT2D eigenvalue weighted by atomic mass is 10.1. The third kappa shape index (κ3) is 4.10. The summed E-state index contributed by atoms with van der Waals surface area (Å²) in [7, 11) is 0. The second kappa shape index (κ2) is 7.12. The highest BCUT2D eigenvalue weighted by Gasteiger charge is 2.15. The van der Waals surface area contributed by atoms with Crippen molar-refractivity contribution in [3.8, 4) is 0 Å². The first-order valence-corrected chi connectivity index (χ1v) is 8.64. The molecule has 0 radical (unpaired) electrons. The molecule has 1 heterocycles. The van der Waals surface area contributed by atoms with Crippen LogP contribution in [-0.4, -0.2) is 24.2 Å². The van der Waals surface area contributed by atoms with Crippen LogP contribution in [0.3, 0.4) is 0 Å². The summed E-state index contributed by atoms with van der Waals surface area (Å²) in [5.41, 5.74) is 2.40. The molecule has 0 unspecified atom stereocenters. The first-order chi connectivity index (χ1) is 10.3. The molecule has 114 valence electrons. The third-order valence-corrected chi connectivity index (χ3v) is 4.76. The molecule has 4 heteroatoms. The highest BCUT2D eigenvalue weighted by molar-refractivity contribution is 7.80. The Labute approximate surface area is 133 Å². The van der Waals surface area contributed by atoms with E-state index in [1.807, 2.05) is 0 Å². The van der Waals surface area contributed by atoms with Gasteiger partial charge < -0.3 is 15.5 Å². The van der Waals surface area contributed by atoms with Crippen LogP contribution in [0.25, 0.3) is 0 Å². The molecule has 1 saturated heterocycles. The van der Waals surface area contributed by atoms with Gasteiger partial charge in [-0.2, -0.15) is 0 Å². The van der Waals surface area contributed by atoms with Gasteiger partial charge in [0.25, 0.3) is 0 Å². The van der Waals surface area contributed by atoms with Crippen LogP contribution >= 0.6 is 12.2 Å². The summed E-state index contributed by atoms with van der Waals surface area (Å²) in [5.74, 6) is 0. The minimum Gasteiger partial charge on any atom is -0.372 e. The Morgan fingerprint density at radius 1 is 0.952 bits per heavy atom. The van der Waals surface area contributed by atoms with Crippen molar-refractivity contribution < 1.29 is 0 Å². The number of nitrogens with zero attached hydrogens (tertiary/aromatic N) is 1. The minimum atomic E-state index is 0.567. The van der Waals surface area contributed by atoms with Crippen LogP contribution in [-0.2, 0) is 0 Å². The average molecular weight is 303 g/mol. The van der Waals surface area contributed by atoms with Crippen LogP contribution in [0.2, 0.25) is 0 Å². The molecule has 1 aliphatic heterocycles. The summed E-state index contributed by atoms with van der Waals surface area (Å²) in [5, 5.41) is 7.47. The van der Waals surface area contributed by atoms with Crippen molar-refractivity contribution in [2.45, 2.75) is 51.0 Å². The second-order valence-corrected chi connectivity index (χ2v) is 6.58. The minimum absolute atomic E-state index is 0.567. The molecule has 21 heavy (non-hydrogen) atoms. The first kappa shape index (κ1) is 14.6. The molecular formula is C17H25N3S. The van der Waals surface area contributed by atoms with Crippen molar-refractivity contribution in [3.05, 3.63) is 24.3 Å². The number of hydrogen-bond acceptors (Lipinski definition) is 2. The zero-order valence-electron chi connectivity index (χ0n) is 12.6. The highest BCUT2D eigenvalue weighted by Crippen LogP contribution is 2.22. The predicted molar refractivity (Wildman–Crippen MR) is 94.1 cm³/mol. The molecule has 1 aromatic rings. The summed E-state index contributed by atoms with van der Waals surface area (Å²) in [6, 6.07) is 9.23. The van der Waals surface area contributed by atoms with Gasteiger partial charge in [-0.15, -0.1) is 0 Å². The fraction of sp³-hybridized carbons (Fsp3) is 0.588. The van der Waals surface area contributed by atoms with Crippen molar-refractivity contribution in [1.82, 2.24) is 5.32 Å². The van der Waals surface area contributed by atoms with Gasteiger partial charge in [0.15, 0.2) is 5.11 Å². The van der Waals surface area contributed by atoms with E-state index in [0.29, 0.717) is 6.04 Å². The van der Waals surface area contributed by atoms with E-state index in [0.717, 1.165) is 10.8 Å². The Bertz CT molecular complexity index is 459. The van der Waals surface area contributed by atoms with Crippen molar-refractivity contribution in [3.63, 3.8) is 0 Å². The van der Waals surface area contributed by atoms with E-state index in [2.05, 4.69) is 39.8 Å². The number of thiocarbonyl (C=S) groups is 1. The number of piperidine rings is 1. The van der Waals surface area contributed by atoms with Crippen molar-refractivity contribution in [1.29, 1.82) is 0 Å². The van der Waals surface area contributed by atoms with Gasteiger partial charge in [-0.3, -0.25) is 0 Å². The second-order valence-electron chi connectivity index (χ2n) is 6.17. The number of anilines is 2. The molecule has 0 bridgehead atoms. The standard InChI is InChI=1S/C17H25N3S/c21-17(18-14-6-2-3-7-14)19-15-8-10-16(11-9-15)20-12-4-1-5-13-20/h8-11,14H,1-7,12-13H2,(H2,18,19,21). The lowest BCUT2D eigenvalue weighted by Gasteiger charge is -2.29. The Hall–Kier alpha value is -1.29. The number of nitrogens with one attached hydrogen (secondary N) is 2. The van der Waals surface area contributed by atoms with Crippen LogP contribution in [0.15, 0.2) is 24.3 Å². The first-order valence-electron chi connectivity index (χ1n) is 8.24. The fourth-order valence-corrected chi connectivity index (χ4v) is 3.61. The van der Waals surface area contributed by atoms with Gasteiger partial charge in [0, 0.05) is 30.5 Å². The zero-order chi connectivity index (χ0) is 14.5. The number of rotatable bonds is 3. The lowest BCUT2D eigenvalue weighted by Crippen LogP contribution is -2.35. The maximum Gasteiger partial charge on any atom is 0.170 e. The van der Waals surface area contributed by atoms with E-state index in [-0.39, 0.29) is 0 Å². The maximum atomic E-state index is 5.40. The van der Waals surface area contributed by atoms with Crippen LogP contribution < -0.4 is 15.5 Å². The molecule has 0 amide bonds. The highest BCUT2D eigenvalue weighted by atomic mass is 32.1. The van der Waals surface area contributed by atoms with E-state index in [1.54, 1.807) is 0 Å². The molecule has 2 aliphatic rings. The summed E-state index contributed by atoms with van der Waals surface area (Å²) >= 11 is 5.40. The summed E-state index contributed by atoms with van der Waals surface area (Å²) in [4.78, 5) is 2.47. The quantitative estimate of drug-likeness (QED) is 0.828. The summed E-state index contributed by atoms with van der Waals surface area (Å²) < 4.78 is 0. The van der Waals surface area contributed by atoms with E-state index in [9.17, 15) is 0 Å². The Balaban J connectivity index is 1.52. The molecule has 3 nitrogen and oxygen atoms in total. The Morgan fingerprint density at radius 3 is 2.29 bits per heavy atom. The lowest BCUT2D eigenvalue weighted by molar-refractivity contribution is 0.578. The molecule has 1 aliphatic carbocycles. The van der Waals surface area contributed by atoms with Gasteiger partial charge >= 0.3 is 0 Å². The van der Waals surface area contributed by atoms with Crippen LogP contribution in [0.5, 0.6) is 0 Å². The molecule has 0 aromatic heterocycles. The predicted octanol–water partition coefficient (Wildman–Crippen LogP) is 3.91. The fourth-order valence-electron chi connectivity index (χ4n) is 3.33. The van der Waals surface area contributed by atoms with Crippen LogP contribution in [0.4, 0.5) is 11.4 Å². The van der Waals surface area contributed by atoms with Crippen molar-refractivity contribution >= 4 is 28.7 Å². The van der Waals surface area contributed by atoms with Gasteiger partial charge in [-0.25, -0.2) is 0 Å². The van der Waals surface area contributed by atoms with Crippen molar-refractivity contribution in [2.24, 2.45) is 0 Å². The molecule has 0 atom stereocenters. The van der Waals surface area contributed by atoms with E-state index < -0.39 is 0 Å². The molecule has 0 spiro atoms. The van der Waals surface area contributed by atoms with E-state index >= 15 is 0 Å². The SMILES string of the molecule is S=C(Nc1ccc(N2CCCCC2)cc1)NC1CCCC1. The smallest absolute Gasteiger partial charge is 0.170 e. The molecule has 1 aromatic carbocycles. The largest absolute Gasteiger partial charge is 0.372 e. The topological polar surface area (TPSA) is 27.3 Å². The molecule has 3 rings (SSSR count). The van der Waals surface area contributed by atoms with Gasteiger partial charge in [0.1, 0.15) is 0 Å². The zero-order valence-corrected chi connectivity index (χ0v) is 13.4. The third-order valence-electron chi connectivity index (χ3n) is 4.54. The molecule has 2 N–H and O–H groups in total. The van der Waals surface area contributed by atoms with E-state index in [4.69, 9.17) is 12.2 Å². The molecular weight excluding hydrogens is 278 g/mol. The summed E-state index contributed by atoms with van der Waals surface area (Å²) in [6.07, 6.45) is 9.14. The number of hydrogen-bond donors (Lipinski definition) is 2. The molecule has 2 fully saturated rings. The van der Waals surface area contributed by atoms with Gasteiger partial charge in [-0.1, -0.05) is 12.8 Å². The molecule has 1 saturated carbocycles. The maximum absolute atomic E-state index is 5.40. The number of benzene rings is 1. The van der Waals surface area contributed by atoms with Crippen LogP contribution in [0.1, 0.15) is 44.9 Å². The van der Waals surface area contributed by atoms with Gasteiger partial charge in [-0.05, 0) is 68.6 Å². The normalized spacial score (nSPS) is 19.5. The average Bonchev–Trinajstić information content (AvgIpc) is 3.02. The van der Waals surface area contributed by atoms with Crippen molar-refractivity contribution in [2.75, 3.05) is 23.3 Å². The van der Waals surface area contributed by atoms with E-state index in [1.165, 1.54) is 63.7 Å². The Morgan fingerprint density at radius 2 is 1.62 bits per heavy atom. The van der Waals surface area contributed by atoms with Gasteiger partial charge in [0.2, 0.25) is 0 Å². The Kier molecular flexibility index (Phi) is 4.96. The van der Waals surface area contributed by atoms with Crippen LogP contribution in [0, 0.1) is 0 Å². The van der Waals surface area contributed by atoms with Gasteiger partial charge in [0.05, 0.1) is 0 Å². The summed E-state index contributed by atoms with van der Waals surface area (Å²) in [6.45, 7) is 2.38.